The summed E-state index contributed by atoms with van der Waals surface area (Å²) in [4.78, 5) is 35.8. The van der Waals surface area contributed by atoms with Crippen molar-refractivity contribution in [2.45, 2.75) is 19.4 Å². The van der Waals surface area contributed by atoms with E-state index in [1.54, 1.807) is 29.7 Å². The molecule has 2 saturated heterocycles. The second kappa shape index (κ2) is 8.85. The highest BCUT2D eigenvalue weighted by molar-refractivity contribution is 8.18. The van der Waals surface area contributed by atoms with Crippen LogP contribution in [0.1, 0.15) is 23.4 Å². The summed E-state index contributed by atoms with van der Waals surface area (Å²) in [5.41, 5.74) is 0.636. The minimum Gasteiger partial charge on any atom is -0.341 e. The highest BCUT2D eigenvalue weighted by Gasteiger charge is 2.25. The van der Waals surface area contributed by atoms with Gasteiger partial charge in [-0.1, -0.05) is 6.07 Å². The van der Waals surface area contributed by atoms with E-state index in [2.05, 4.69) is 43.0 Å². The SMILES string of the molecule is O=C1NC(=O)/C(=C\c2ccnc(N3CCC(CNCc4cccs4)CC3)n2)S1. The third kappa shape index (κ3) is 4.78. The van der Waals surface area contributed by atoms with Crippen molar-refractivity contribution in [1.29, 1.82) is 0 Å². The van der Waals surface area contributed by atoms with Crippen molar-refractivity contribution in [3.63, 3.8) is 0 Å². The predicted molar refractivity (Wildman–Crippen MR) is 112 cm³/mol. The maximum absolute atomic E-state index is 11.7. The van der Waals surface area contributed by atoms with Gasteiger partial charge >= 0.3 is 0 Å². The number of hydrogen-bond donors (Lipinski definition) is 2. The minimum atomic E-state index is -0.369. The van der Waals surface area contributed by atoms with Gasteiger partial charge in [0.15, 0.2) is 0 Å². The summed E-state index contributed by atoms with van der Waals surface area (Å²) in [6.45, 7) is 3.79. The molecule has 2 fully saturated rings. The molecule has 2 amide bonds. The largest absolute Gasteiger partial charge is 0.341 e. The summed E-state index contributed by atoms with van der Waals surface area (Å²) >= 11 is 2.68. The zero-order valence-electron chi connectivity index (χ0n) is 15.3. The van der Waals surface area contributed by atoms with Crippen LogP contribution in [0.15, 0.2) is 34.7 Å². The highest BCUT2D eigenvalue weighted by Crippen LogP contribution is 2.26. The fourth-order valence-corrected chi connectivity index (χ4v) is 4.64. The van der Waals surface area contributed by atoms with Crippen LogP contribution in [-0.4, -0.2) is 40.7 Å². The number of anilines is 1. The molecule has 0 bridgehead atoms. The molecule has 28 heavy (non-hydrogen) atoms. The standard InChI is InChI=1S/C19H21N5O2S2/c25-17-16(28-19(26)23-17)10-14-3-6-21-18(22-14)24-7-4-13(5-8-24)11-20-12-15-2-1-9-27-15/h1-3,6,9-10,13,20H,4-5,7-8,11-12H2,(H,23,25,26)/b16-10+. The Kier molecular flexibility index (Phi) is 6.04. The molecule has 0 aliphatic carbocycles. The van der Waals surface area contributed by atoms with Gasteiger partial charge in [0.05, 0.1) is 10.6 Å². The molecule has 0 spiro atoms. The summed E-state index contributed by atoms with van der Waals surface area (Å²) in [7, 11) is 0. The van der Waals surface area contributed by atoms with Gasteiger partial charge in [0.1, 0.15) is 0 Å². The maximum atomic E-state index is 11.7. The lowest BCUT2D eigenvalue weighted by Gasteiger charge is -2.32. The van der Waals surface area contributed by atoms with Crippen molar-refractivity contribution in [2.24, 2.45) is 5.92 Å². The number of hydrogen-bond acceptors (Lipinski definition) is 8. The average Bonchev–Trinajstić information content (AvgIpc) is 3.32. The van der Waals surface area contributed by atoms with Gasteiger partial charge in [-0.3, -0.25) is 14.9 Å². The number of thiophene rings is 1. The van der Waals surface area contributed by atoms with E-state index in [0.29, 0.717) is 22.5 Å². The Labute approximate surface area is 171 Å². The van der Waals surface area contributed by atoms with E-state index < -0.39 is 0 Å². The third-order valence-corrected chi connectivity index (χ3v) is 6.48. The zero-order valence-corrected chi connectivity index (χ0v) is 16.9. The number of nitrogens with one attached hydrogen (secondary N) is 2. The summed E-state index contributed by atoms with van der Waals surface area (Å²) in [6, 6.07) is 5.98. The van der Waals surface area contributed by atoms with Gasteiger partial charge in [0, 0.05) is 30.7 Å². The highest BCUT2D eigenvalue weighted by atomic mass is 32.2. The number of carbonyl (C=O) groups excluding carboxylic acids is 2. The van der Waals surface area contributed by atoms with E-state index in [-0.39, 0.29) is 11.1 Å². The first-order valence-corrected chi connectivity index (χ1v) is 10.9. The van der Waals surface area contributed by atoms with Gasteiger partial charge in [-0.25, -0.2) is 9.97 Å². The first-order chi connectivity index (χ1) is 13.7. The number of piperidine rings is 1. The molecule has 0 atom stereocenters. The van der Waals surface area contributed by atoms with Crippen LogP contribution in [0, 0.1) is 5.92 Å². The molecule has 0 radical (unpaired) electrons. The predicted octanol–water partition coefficient (Wildman–Crippen LogP) is 2.87. The van der Waals surface area contributed by atoms with Crippen molar-refractivity contribution in [3.8, 4) is 0 Å². The van der Waals surface area contributed by atoms with E-state index in [9.17, 15) is 9.59 Å². The summed E-state index contributed by atoms with van der Waals surface area (Å²) in [5, 5.41) is 7.57. The molecule has 2 N–H and O–H groups in total. The van der Waals surface area contributed by atoms with E-state index >= 15 is 0 Å². The van der Waals surface area contributed by atoms with Gasteiger partial charge in [-0.15, -0.1) is 11.3 Å². The Hall–Kier alpha value is -2.23. The lowest BCUT2D eigenvalue weighted by atomic mass is 9.97. The normalized spacial score (nSPS) is 19.4. The Bertz CT molecular complexity index is 876. The molecule has 0 unspecified atom stereocenters. The van der Waals surface area contributed by atoms with Crippen LogP contribution in [0.3, 0.4) is 0 Å². The lowest BCUT2D eigenvalue weighted by Crippen LogP contribution is -2.38. The fourth-order valence-electron chi connectivity index (χ4n) is 3.30. The molecule has 7 nitrogen and oxygen atoms in total. The molecule has 146 valence electrons. The quantitative estimate of drug-likeness (QED) is 0.702. The topological polar surface area (TPSA) is 87.2 Å². The second-order valence-electron chi connectivity index (χ2n) is 6.77. The number of nitrogens with zero attached hydrogens (tertiary/aromatic N) is 3. The van der Waals surface area contributed by atoms with Crippen molar-refractivity contribution in [3.05, 3.63) is 45.3 Å². The Balaban J connectivity index is 1.30. The van der Waals surface area contributed by atoms with Crippen LogP contribution < -0.4 is 15.5 Å². The molecule has 2 aliphatic rings. The van der Waals surface area contributed by atoms with Crippen molar-refractivity contribution in [2.75, 3.05) is 24.5 Å². The number of thioether (sulfide) groups is 1. The van der Waals surface area contributed by atoms with Crippen molar-refractivity contribution >= 4 is 46.3 Å². The van der Waals surface area contributed by atoms with E-state index in [1.165, 1.54) is 4.88 Å². The van der Waals surface area contributed by atoms with Gasteiger partial charge in [-0.2, -0.15) is 0 Å². The molecule has 9 heteroatoms. The number of amides is 2. The zero-order chi connectivity index (χ0) is 19.3. The Morgan fingerprint density at radius 1 is 1.29 bits per heavy atom. The number of imide groups is 1. The van der Waals surface area contributed by atoms with Crippen LogP contribution in [0.4, 0.5) is 10.7 Å². The first-order valence-electron chi connectivity index (χ1n) is 9.23. The first kappa shape index (κ1) is 19.1. The molecule has 0 saturated carbocycles. The number of carbonyl (C=O) groups is 2. The lowest BCUT2D eigenvalue weighted by molar-refractivity contribution is -0.115. The van der Waals surface area contributed by atoms with E-state index in [4.69, 9.17) is 0 Å². The van der Waals surface area contributed by atoms with Gasteiger partial charge in [-0.05, 0) is 60.7 Å². The second-order valence-corrected chi connectivity index (χ2v) is 8.82. The summed E-state index contributed by atoms with van der Waals surface area (Å²) in [5.74, 6) is 0.964. The molecule has 2 aromatic heterocycles. The smallest absolute Gasteiger partial charge is 0.290 e. The van der Waals surface area contributed by atoms with E-state index in [0.717, 1.165) is 50.8 Å². The van der Waals surface area contributed by atoms with Gasteiger partial charge in [0.2, 0.25) is 5.95 Å². The molecular formula is C19H21N5O2S2. The Morgan fingerprint density at radius 2 is 2.14 bits per heavy atom. The summed E-state index contributed by atoms with van der Waals surface area (Å²) < 4.78 is 0. The number of rotatable bonds is 6. The fraction of sp³-hybridized carbons (Fsp3) is 0.368. The third-order valence-electron chi connectivity index (χ3n) is 4.80. The monoisotopic (exact) mass is 415 g/mol. The molecule has 2 aromatic rings. The van der Waals surface area contributed by atoms with E-state index in [1.807, 2.05) is 0 Å². The Morgan fingerprint density at radius 3 is 2.86 bits per heavy atom. The van der Waals surface area contributed by atoms with Crippen LogP contribution in [0.5, 0.6) is 0 Å². The molecule has 2 aliphatic heterocycles. The van der Waals surface area contributed by atoms with Crippen molar-refractivity contribution < 1.29 is 9.59 Å². The number of aromatic nitrogens is 2. The minimum absolute atomic E-state index is 0.347. The molecule has 0 aromatic carbocycles. The van der Waals surface area contributed by atoms with Crippen LogP contribution >= 0.6 is 23.1 Å². The van der Waals surface area contributed by atoms with Crippen LogP contribution in [0.2, 0.25) is 0 Å². The molecular weight excluding hydrogens is 394 g/mol. The van der Waals surface area contributed by atoms with Crippen molar-refractivity contribution in [1.82, 2.24) is 20.6 Å². The molecule has 4 rings (SSSR count). The maximum Gasteiger partial charge on any atom is 0.290 e. The van der Waals surface area contributed by atoms with Crippen LogP contribution in [0.25, 0.3) is 6.08 Å². The van der Waals surface area contributed by atoms with Gasteiger partial charge in [0.25, 0.3) is 11.1 Å². The molecule has 4 heterocycles. The van der Waals surface area contributed by atoms with Crippen LogP contribution in [-0.2, 0) is 11.3 Å². The average molecular weight is 416 g/mol. The van der Waals surface area contributed by atoms with Gasteiger partial charge < -0.3 is 10.2 Å². The summed E-state index contributed by atoms with van der Waals surface area (Å²) in [6.07, 6.45) is 5.53.